The molecule has 0 aliphatic heterocycles. The molecule has 3 rings (SSSR count). The van der Waals surface area contributed by atoms with Crippen LogP contribution in [0.4, 0.5) is 11.4 Å². The van der Waals surface area contributed by atoms with E-state index in [-0.39, 0.29) is 21.3 Å². The monoisotopic (exact) mass is 458 g/mol. The van der Waals surface area contributed by atoms with Gasteiger partial charge in [0.15, 0.2) is 0 Å². The van der Waals surface area contributed by atoms with Gasteiger partial charge in [-0.2, -0.15) is 0 Å². The molecule has 7 nitrogen and oxygen atoms in total. The Labute approximate surface area is 176 Å². The molecular weight excluding hydrogens is 436 g/mol. The molecule has 0 unspecified atom stereocenters. The molecule has 1 aliphatic rings. The summed E-state index contributed by atoms with van der Waals surface area (Å²) in [4.78, 5) is -0.0678. The number of sulfonamides is 2. The van der Waals surface area contributed by atoms with E-state index in [1.54, 1.807) is 25.1 Å². The second-order valence-electron chi connectivity index (χ2n) is 7.10. The van der Waals surface area contributed by atoms with Crippen LogP contribution in [0.15, 0.2) is 47.4 Å². The molecular formula is C19H23ClN2O5S2. The first-order valence-corrected chi connectivity index (χ1v) is 12.6. The SMILES string of the molecule is Cc1ccc(NS(=O)(=O)[C@H]2CCCC[C@H]2O)cc1S(=O)(=O)Nc1ccccc1Cl. The number of para-hydroxylation sites is 1. The van der Waals surface area contributed by atoms with Crippen molar-refractivity contribution < 1.29 is 21.9 Å². The molecule has 10 heteroatoms. The summed E-state index contributed by atoms with van der Waals surface area (Å²) in [5.74, 6) is 0. The molecule has 1 saturated carbocycles. The van der Waals surface area contributed by atoms with E-state index in [0.717, 1.165) is 12.8 Å². The summed E-state index contributed by atoms with van der Waals surface area (Å²) in [6.07, 6.45) is 1.37. The molecule has 2 aromatic carbocycles. The van der Waals surface area contributed by atoms with Crippen molar-refractivity contribution in [1.29, 1.82) is 0 Å². The zero-order valence-electron chi connectivity index (χ0n) is 15.8. The minimum Gasteiger partial charge on any atom is -0.392 e. The van der Waals surface area contributed by atoms with Crippen LogP contribution in [0.2, 0.25) is 5.02 Å². The average Bonchev–Trinajstić information content (AvgIpc) is 2.65. The number of hydrogen-bond acceptors (Lipinski definition) is 5. The second kappa shape index (κ2) is 8.51. The summed E-state index contributed by atoms with van der Waals surface area (Å²) in [6, 6.07) is 10.7. The van der Waals surface area contributed by atoms with E-state index in [2.05, 4.69) is 9.44 Å². The van der Waals surface area contributed by atoms with Crippen LogP contribution in [0, 0.1) is 6.92 Å². The van der Waals surface area contributed by atoms with Crippen molar-refractivity contribution in [2.75, 3.05) is 9.44 Å². The van der Waals surface area contributed by atoms with Gasteiger partial charge in [0.2, 0.25) is 10.0 Å². The van der Waals surface area contributed by atoms with Crippen LogP contribution in [0.3, 0.4) is 0 Å². The molecule has 0 aromatic heterocycles. The first kappa shape index (κ1) is 21.9. The molecule has 2 atom stereocenters. The van der Waals surface area contributed by atoms with E-state index in [4.69, 9.17) is 11.6 Å². The number of aryl methyl sites for hydroxylation is 1. The Hall–Kier alpha value is -1.81. The highest BCUT2D eigenvalue weighted by molar-refractivity contribution is 7.93. The Balaban J connectivity index is 1.89. The summed E-state index contributed by atoms with van der Waals surface area (Å²) in [5, 5.41) is 9.39. The molecule has 3 N–H and O–H groups in total. The molecule has 0 saturated heterocycles. The number of halogens is 1. The summed E-state index contributed by atoms with van der Waals surface area (Å²) in [5.41, 5.74) is 0.794. The van der Waals surface area contributed by atoms with E-state index in [9.17, 15) is 21.9 Å². The van der Waals surface area contributed by atoms with E-state index >= 15 is 0 Å². The van der Waals surface area contributed by atoms with Gasteiger partial charge in [-0.1, -0.05) is 42.6 Å². The van der Waals surface area contributed by atoms with Crippen molar-refractivity contribution in [2.45, 2.75) is 48.9 Å². The number of aliphatic hydroxyl groups is 1. The van der Waals surface area contributed by atoms with Gasteiger partial charge in [0.1, 0.15) is 5.25 Å². The Bertz CT molecular complexity index is 1100. The van der Waals surface area contributed by atoms with Crippen LogP contribution in [0.5, 0.6) is 0 Å². The molecule has 29 heavy (non-hydrogen) atoms. The highest BCUT2D eigenvalue weighted by atomic mass is 35.5. The van der Waals surface area contributed by atoms with Crippen LogP contribution in [-0.2, 0) is 20.0 Å². The molecule has 0 radical (unpaired) electrons. The highest BCUT2D eigenvalue weighted by Gasteiger charge is 2.34. The van der Waals surface area contributed by atoms with Gasteiger partial charge in [0, 0.05) is 5.69 Å². The lowest BCUT2D eigenvalue weighted by Gasteiger charge is -2.27. The van der Waals surface area contributed by atoms with Gasteiger partial charge in [-0.25, -0.2) is 16.8 Å². The average molecular weight is 459 g/mol. The van der Waals surface area contributed by atoms with E-state index in [0.29, 0.717) is 18.4 Å². The standard InChI is InChI=1S/C19H23ClN2O5S2/c1-13-10-11-14(21-28(24,25)18-9-5-4-8-17(18)23)12-19(13)29(26,27)22-16-7-3-2-6-15(16)20/h2-3,6-7,10-12,17-18,21-23H,4-5,8-9H2,1H3/t17-,18+/m1/s1. The molecule has 1 fully saturated rings. The van der Waals surface area contributed by atoms with Gasteiger partial charge < -0.3 is 5.11 Å². The van der Waals surface area contributed by atoms with Crippen LogP contribution in [0.1, 0.15) is 31.2 Å². The first-order valence-electron chi connectivity index (χ1n) is 9.18. The summed E-state index contributed by atoms with van der Waals surface area (Å²) in [6.45, 7) is 1.62. The normalized spacial score (nSPS) is 20.2. The molecule has 0 heterocycles. The van der Waals surface area contributed by atoms with Crippen molar-refractivity contribution >= 4 is 43.0 Å². The van der Waals surface area contributed by atoms with Crippen molar-refractivity contribution in [3.63, 3.8) is 0 Å². The number of rotatable bonds is 6. The van der Waals surface area contributed by atoms with Gasteiger partial charge >= 0.3 is 0 Å². The van der Waals surface area contributed by atoms with Gasteiger partial charge in [-0.05, 0) is 49.6 Å². The Morgan fingerprint density at radius 3 is 2.38 bits per heavy atom. The minimum atomic E-state index is -4.00. The van der Waals surface area contributed by atoms with Crippen LogP contribution >= 0.6 is 11.6 Å². The highest BCUT2D eigenvalue weighted by Crippen LogP contribution is 2.29. The molecule has 2 aromatic rings. The minimum absolute atomic E-state index is 0.0678. The molecule has 0 spiro atoms. The van der Waals surface area contributed by atoms with Crippen molar-refractivity contribution in [2.24, 2.45) is 0 Å². The Kier molecular flexibility index (Phi) is 6.42. The fourth-order valence-electron chi connectivity index (χ4n) is 3.38. The number of nitrogens with one attached hydrogen (secondary N) is 2. The second-order valence-corrected chi connectivity index (χ2v) is 11.1. The van der Waals surface area contributed by atoms with Crippen LogP contribution in [-0.4, -0.2) is 33.3 Å². The number of benzene rings is 2. The fourth-order valence-corrected chi connectivity index (χ4v) is 6.60. The maximum atomic E-state index is 12.9. The lowest BCUT2D eigenvalue weighted by atomic mass is 9.97. The quantitative estimate of drug-likeness (QED) is 0.613. The summed E-state index contributed by atoms with van der Waals surface area (Å²) in [7, 11) is -7.86. The summed E-state index contributed by atoms with van der Waals surface area (Å²) < 4.78 is 56.0. The number of hydrogen-bond donors (Lipinski definition) is 3. The van der Waals surface area contributed by atoms with Gasteiger partial charge in [-0.15, -0.1) is 0 Å². The maximum absolute atomic E-state index is 12.9. The summed E-state index contributed by atoms with van der Waals surface area (Å²) >= 11 is 6.03. The fraction of sp³-hybridized carbons (Fsp3) is 0.368. The topological polar surface area (TPSA) is 113 Å². The Morgan fingerprint density at radius 1 is 1.00 bits per heavy atom. The van der Waals surface area contributed by atoms with Gasteiger partial charge in [0.25, 0.3) is 10.0 Å². The first-order chi connectivity index (χ1) is 13.6. The Morgan fingerprint density at radius 2 is 1.69 bits per heavy atom. The van der Waals surface area contributed by atoms with Crippen molar-refractivity contribution in [3.8, 4) is 0 Å². The van der Waals surface area contributed by atoms with Gasteiger partial charge in [0.05, 0.1) is 21.7 Å². The third kappa shape index (κ3) is 5.03. The lowest BCUT2D eigenvalue weighted by molar-refractivity contribution is 0.133. The third-order valence-electron chi connectivity index (χ3n) is 4.92. The zero-order chi connectivity index (χ0) is 21.2. The number of aliphatic hydroxyl groups excluding tert-OH is 1. The number of anilines is 2. The predicted molar refractivity (Wildman–Crippen MR) is 114 cm³/mol. The van der Waals surface area contributed by atoms with Crippen molar-refractivity contribution in [1.82, 2.24) is 0 Å². The molecule has 1 aliphatic carbocycles. The third-order valence-corrected chi connectivity index (χ3v) is 8.63. The lowest BCUT2D eigenvalue weighted by Crippen LogP contribution is -2.40. The molecule has 158 valence electrons. The van der Waals surface area contributed by atoms with E-state index in [1.165, 1.54) is 24.3 Å². The van der Waals surface area contributed by atoms with Crippen LogP contribution in [0.25, 0.3) is 0 Å². The smallest absolute Gasteiger partial charge is 0.262 e. The van der Waals surface area contributed by atoms with E-state index in [1.807, 2.05) is 0 Å². The molecule has 0 amide bonds. The van der Waals surface area contributed by atoms with Crippen molar-refractivity contribution in [3.05, 3.63) is 53.1 Å². The van der Waals surface area contributed by atoms with Gasteiger partial charge in [-0.3, -0.25) is 9.44 Å². The van der Waals surface area contributed by atoms with E-state index < -0.39 is 31.4 Å². The predicted octanol–water partition coefficient (Wildman–Crippen LogP) is 3.49. The maximum Gasteiger partial charge on any atom is 0.262 e. The largest absolute Gasteiger partial charge is 0.392 e. The molecule has 0 bridgehead atoms. The van der Waals surface area contributed by atoms with Crippen LogP contribution < -0.4 is 9.44 Å². The zero-order valence-corrected chi connectivity index (χ0v) is 18.2.